The average molecular weight is 135 g/mol. The third kappa shape index (κ3) is 1.02. The number of hydrogen-bond acceptors (Lipinski definition) is 2. The lowest BCUT2D eigenvalue weighted by atomic mass is 10.3. The molecule has 0 aromatic carbocycles. The zero-order chi connectivity index (χ0) is 7.56. The molecule has 1 aromatic heterocycles. The Bertz CT molecular complexity index is 256. The van der Waals surface area contributed by atoms with Gasteiger partial charge in [0.15, 0.2) is 0 Å². The summed E-state index contributed by atoms with van der Waals surface area (Å²) in [6, 6.07) is -0.389. The smallest absolute Gasteiger partial charge is 0.137 e. The summed E-state index contributed by atoms with van der Waals surface area (Å²) in [5, 5.41) is 0. The van der Waals surface area contributed by atoms with Crippen molar-refractivity contribution < 1.29 is 0 Å². The molecule has 0 spiro atoms. The number of imidazole rings is 1. The first-order valence-electron chi connectivity index (χ1n) is 2.94. The fourth-order valence-corrected chi connectivity index (χ4v) is 0.751. The highest BCUT2D eigenvalue weighted by atomic mass is 15.1. The summed E-state index contributed by atoms with van der Waals surface area (Å²) in [5.74, 6) is 3.13. The second-order valence-electron chi connectivity index (χ2n) is 2.04. The van der Waals surface area contributed by atoms with Crippen molar-refractivity contribution in [3.8, 4) is 12.3 Å². The highest BCUT2D eigenvalue weighted by Gasteiger charge is 2.05. The zero-order valence-corrected chi connectivity index (χ0v) is 5.78. The van der Waals surface area contributed by atoms with Gasteiger partial charge in [-0.15, -0.1) is 6.42 Å². The van der Waals surface area contributed by atoms with E-state index < -0.39 is 0 Å². The first-order chi connectivity index (χ1) is 4.75. The Kier molecular flexibility index (Phi) is 1.74. The number of aromatic nitrogens is 2. The summed E-state index contributed by atoms with van der Waals surface area (Å²) < 4.78 is 1.81. The van der Waals surface area contributed by atoms with Crippen LogP contribution in [0.4, 0.5) is 0 Å². The van der Waals surface area contributed by atoms with Crippen LogP contribution in [0.2, 0.25) is 0 Å². The molecule has 2 N–H and O–H groups in total. The minimum absolute atomic E-state index is 0.389. The van der Waals surface area contributed by atoms with Crippen LogP contribution in [0, 0.1) is 12.3 Å². The van der Waals surface area contributed by atoms with Gasteiger partial charge < -0.3 is 10.3 Å². The van der Waals surface area contributed by atoms with Crippen molar-refractivity contribution in [2.24, 2.45) is 12.8 Å². The molecule has 0 saturated carbocycles. The summed E-state index contributed by atoms with van der Waals surface area (Å²) in [7, 11) is 1.86. The van der Waals surface area contributed by atoms with Crippen molar-refractivity contribution in [3.63, 3.8) is 0 Å². The summed E-state index contributed by atoms with van der Waals surface area (Å²) in [5.41, 5.74) is 5.52. The van der Waals surface area contributed by atoms with Gasteiger partial charge in [0.25, 0.3) is 0 Å². The lowest BCUT2D eigenvalue weighted by molar-refractivity contribution is 0.748. The van der Waals surface area contributed by atoms with E-state index >= 15 is 0 Å². The molecule has 1 heterocycles. The number of nitrogens with two attached hydrogens (primary N) is 1. The van der Waals surface area contributed by atoms with Crippen LogP contribution in [0.5, 0.6) is 0 Å². The highest BCUT2D eigenvalue weighted by molar-refractivity contribution is 5.10. The molecular formula is C7H9N3. The first kappa shape index (κ1) is 6.84. The van der Waals surface area contributed by atoms with Gasteiger partial charge in [-0.1, -0.05) is 5.92 Å². The monoisotopic (exact) mass is 135 g/mol. The van der Waals surface area contributed by atoms with Gasteiger partial charge in [-0.3, -0.25) is 0 Å². The van der Waals surface area contributed by atoms with E-state index in [0.29, 0.717) is 0 Å². The van der Waals surface area contributed by atoms with E-state index in [0.717, 1.165) is 5.82 Å². The predicted molar refractivity (Wildman–Crippen MR) is 39.0 cm³/mol. The van der Waals surface area contributed by atoms with Crippen LogP contribution < -0.4 is 5.73 Å². The Morgan fingerprint density at radius 3 is 3.00 bits per heavy atom. The van der Waals surface area contributed by atoms with Crippen LogP contribution in [-0.4, -0.2) is 9.55 Å². The quantitative estimate of drug-likeness (QED) is 0.553. The van der Waals surface area contributed by atoms with Gasteiger partial charge in [0, 0.05) is 19.4 Å². The Labute approximate surface area is 59.9 Å². The van der Waals surface area contributed by atoms with Gasteiger partial charge in [0.2, 0.25) is 0 Å². The summed E-state index contributed by atoms with van der Waals surface area (Å²) in [4.78, 5) is 3.98. The van der Waals surface area contributed by atoms with Crippen LogP contribution in [0.3, 0.4) is 0 Å². The molecule has 0 radical (unpaired) electrons. The molecule has 0 bridgehead atoms. The van der Waals surface area contributed by atoms with E-state index in [1.54, 1.807) is 6.20 Å². The van der Waals surface area contributed by atoms with Crippen molar-refractivity contribution in [1.82, 2.24) is 9.55 Å². The fraction of sp³-hybridized carbons (Fsp3) is 0.286. The van der Waals surface area contributed by atoms with E-state index in [9.17, 15) is 0 Å². The maximum Gasteiger partial charge on any atom is 0.137 e. The molecule has 1 rings (SSSR count). The molecule has 0 amide bonds. The molecule has 0 aliphatic carbocycles. The number of aryl methyl sites for hydroxylation is 1. The zero-order valence-electron chi connectivity index (χ0n) is 5.78. The van der Waals surface area contributed by atoms with Crippen molar-refractivity contribution in [1.29, 1.82) is 0 Å². The molecular weight excluding hydrogens is 126 g/mol. The van der Waals surface area contributed by atoms with E-state index in [4.69, 9.17) is 12.2 Å². The van der Waals surface area contributed by atoms with E-state index in [2.05, 4.69) is 10.9 Å². The van der Waals surface area contributed by atoms with Crippen LogP contribution in [0.15, 0.2) is 12.4 Å². The molecule has 1 atom stereocenters. The van der Waals surface area contributed by atoms with Gasteiger partial charge in [-0.25, -0.2) is 4.98 Å². The van der Waals surface area contributed by atoms with E-state index in [-0.39, 0.29) is 6.04 Å². The largest absolute Gasteiger partial charge is 0.336 e. The highest BCUT2D eigenvalue weighted by Crippen LogP contribution is 2.03. The Balaban J connectivity index is 2.96. The third-order valence-corrected chi connectivity index (χ3v) is 1.32. The minimum atomic E-state index is -0.389. The van der Waals surface area contributed by atoms with Crippen molar-refractivity contribution in [3.05, 3.63) is 18.2 Å². The lowest BCUT2D eigenvalue weighted by Crippen LogP contribution is -2.12. The topological polar surface area (TPSA) is 43.8 Å². The first-order valence-corrected chi connectivity index (χ1v) is 2.94. The minimum Gasteiger partial charge on any atom is -0.336 e. The van der Waals surface area contributed by atoms with Crippen molar-refractivity contribution >= 4 is 0 Å². The molecule has 1 aromatic rings. The Morgan fingerprint density at radius 1 is 1.90 bits per heavy atom. The van der Waals surface area contributed by atoms with Crippen molar-refractivity contribution in [2.45, 2.75) is 6.04 Å². The number of terminal acetylenes is 1. The van der Waals surface area contributed by atoms with Gasteiger partial charge in [0.1, 0.15) is 11.9 Å². The van der Waals surface area contributed by atoms with E-state index in [1.165, 1.54) is 0 Å². The molecule has 0 fully saturated rings. The SMILES string of the molecule is C#CC(N)c1nccn1C. The maximum atomic E-state index is 5.52. The standard InChI is InChI=1S/C7H9N3/c1-3-6(8)7-9-4-5-10(7)2/h1,4-6H,8H2,2H3. The third-order valence-electron chi connectivity index (χ3n) is 1.32. The number of rotatable bonds is 1. The Morgan fingerprint density at radius 2 is 2.60 bits per heavy atom. The number of hydrogen-bond donors (Lipinski definition) is 1. The lowest BCUT2D eigenvalue weighted by Gasteiger charge is -2.02. The van der Waals surface area contributed by atoms with Crippen molar-refractivity contribution in [2.75, 3.05) is 0 Å². The Hall–Kier alpha value is -1.27. The second kappa shape index (κ2) is 2.54. The number of nitrogens with zero attached hydrogens (tertiary/aromatic N) is 2. The van der Waals surface area contributed by atoms with Crippen LogP contribution >= 0.6 is 0 Å². The van der Waals surface area contributed by atoms with E-state index in [1.807, 2.05) is 17.8 Å². The van der Waals surface area contributed by atoms with Crippen LogP contribution in [0.25, 0.3) is 0 Å². The maximum absolute atomic E-state index is 5.52. The predicted octanol–water partition coefficient (Wildman–Crippen LogP) is 0.0531. The average Bonchev–Trinajstić information content (AvgIpc) is 2.34. The summed E-state index contributed by atoms with van der Waals surface area (Å²) >= 11 is 0. The summed E-state index contributed by atoms with van der Waals surface area (Å²) in [6.45, 7) is 0. The molecule has 1 unspecified atom stereocenters. The van der Waals surface area contributed by atoms with Gasteiger partial charge in [-0.05, 0) is 0 Å². The molecule has 0 saturated heterocycles. The molecule has 3 nitrogen and oxygen atoms in total. The second-order valence-corrected chi connectivity index (χ2v) is 2.04. The normalized spacial score (nSPS) is 12.5. The van der Waals surface area contributed by atoms with Crippen LogP contribution in [-0.2, 0) is 7.05 Å². The molecule has 0 aliphatic heterocycles. The summed E-state index contributed by atoms with van der Waals surface area (Å²) in [6.07, 6.45) is 8.59. The molecule has 52 valence electrons. The fourth-order valence-electron chi connectivity index (χ4n) is 0.751. The van der Waals surface area contributed by atoms with Gasteiger partial charge in [-0.2, -0.15) is 0 Å². The molecule has 0 aliphatic rings. The van der Waals surface area contributed by atoms with Gasteiger partial charge >= 0.3 is 0 Å². The van der Waals surface area contributed by atoms with Gasteiger partial charge in [0.05, 0.1) is 0 Å². The molecule has 10 heavy (non-hydrogen) atoms. The molecule has 3 heteroatoms. The van der Waals surface area contributed by atoms with Crippen LogP contribution in [0.1, 0.15) is 11.9 Å².